The Bertz CT molecular complexity index is 472. The van der Waals surface area contributed by atoms with Crippen molar-refractivity contribution >= 4 is 5.97 Å². The van der Waals surface area contributed by atoms with E-state index in [2.05, 4.69) is 36.1 Å². The largest absolute Gasteiger partial charge is 0.481 e. The van der Waals surface area contributed by atoms with Gasteiger partial charge in [-0.05, 0) is 43.4 Å². The first-order chi connectivity index (χ1) is 9.61. The molecule has 1 fully saturated rings. The molecule has 3 heteroatoms. The Labute approximate surface area is 121 Å². The third-order valence-corrected chi connectivity index (χ3v) is 4.68. The molecule has 0 bridgehead atoms. The molecule has 1 aromatic carbocycles. The van der Waals surface area contributed by atoms with Crippen LogP contribution in [-0.2, 0) is 17.8 Å². The summed E-state index contributed by atoms with van der Waals surface area (Å²) in [5.41, 5.74) is 2.17. The number of carbonyl (C=O) groups is 1. The van der Waals surface area contributed by atoms with E-state index in [0.717, 1.165) is 32.4 Å². The number of nitrogens with zero attached hydrogens (tertiary/aromatic N) is 1. The van der Waals surface area contributed by atoms with Crippen molar-refractivity contribution in [3.05, 3.63) is 35.4 Å². The Morgan fingerprint density at radius 3 is 2.60 bits per heavy atom. The fourth-order valence-corrected chi connectivity index (χ4v) is 3.27. The summed E-state index contributed by atoms with van der Waals surface area (Å²) in [5, 5.41) is 9.55. The van der Waals surface area contributed by atoms with E-state index >= 15 is 0 Å². The van der Waals surface area contributed by atoms with Crippen molar-refractivity contribution < 1.29 is 9.90 Å². The molecule has 1 aliphatic rings. The van der Waals surface area contributed by atoms with Crippen molar-refractivity contribution in [1.82, 2.24) is 4.90 Å². The number of benzene rings is 1. The van der Waals surface area contributed by atoms with Gasteiger partial charge in [-0.15, -0.1) is 0 Å². The average molecular weight is 275 g/mol. The highest BCUT2D eigenvalue weighted by atomic mass is 16.4. The number of carboxylic acids is 1. The van der Waals surface area contributed by atoms with E-state index in [1.807, 2.05) is 6.92 Å². The van der Waals surface area contributed by atoms with Crippen LogP contribution in [0.15, 0.2) is 24.3 Å². The second-order valence-electron chi connectivity index (χ2n) is 5.88. The van der Waals surface area contributed by atoms with Crippen LogP contribution in [0.2, 0.25) is 0 Å². The highest BCUT2D eigenvalue weighted by molar-refractivity contribution is 5.75. The molecule has 3 nitrogen and oxygen atoms in total. The first kappa shape index (κ1) is 15.0. The van der Waals surface area contributed by atoms with Crippen LogP contribution in [0.5, 0.6) is 0 Å². The molecule has 0 aliphatic carbocycles. The van der Waals surface area contributed by atoms with Crippen LogP contribution in [0.25, 0.3) is 0 Å². The fraction of sp³-hybridized carbons (Fsp3) is 0.588. The number of hydrogen-bond acceptors (Lipinski definition) is 2. The minimum absolute atomic E-state index is 0.542. The van der Waals surface area contributed by atoms with Gasteiger partial charge in [0.2, 0.25) is 0 Å². The lowest BCUT2D eigenvalue weighted by molar-refractivity contribution is -0.153. The number of likely N-dealkylation sites (tertiary alicyclic amines) is 1. The Kier molecular flexibility index (Phi) is 4.81. The molecule has 1 heterocycles. The van der Waals surface area contributed by atoms with Gasteiger partial charge in [0.15, 0.2) is 0 Å². The van der Waals surface area contributed by atoms with Crippen LogP contribution in [0.4, 0.5) is 0 Å². The molecule has 1 atom stereocenters. The summed E-state index contributed by atoms with van der Waals surface area (Å²) < 4.78 is 0. The normalized spacial score (nSPS) is 23.7. The summed E-state index contributed by atoms with van der Waals surface area (Å²) >= 11 is 0. The van der Waals surface area contributed by atoms with Crippen molar-refractivity contribution in [2.24, 2.45) is 5.41 Å². The van der Waals surface area contributed by atoms with E-state index in [1.165, 1.54) is 11.1 Å². The first-order valence-corrected chi connectivity index (χ1v) is 7.64. The molecule has 1 aromatic rings. The van der Waals surface area contributed by atoms with Gasteiger partial charge in [-0.3, -0.25) is 9.69 Å². The summed E-state index contributed by atoms with van der Waals surface area (Å²) in [7, 11) is 0. The topological polar surface area (TPSA) is 40.5 Å². The third-order valence-electron chi connectivity index (χ3n) is 4.68. The summed E-state index contributed by atoms with van der Waals surface area (Å²) in [6.07, 6.45) is 3.54. The highest BCUT2D eigenvalue weighted by Gasteiger charge is 2.40. The van der Waals surface area contributed by atoms with Crippen molar-refractivity contribution in [1.29, 1.82) is 0 Å². The Morgan fingerprint density at radius 1 is 1.30 bits per heavy atom. The van der Waals surface area contributed by atoms with Crippen LogP contribution in [0.1, 0.15) is 44.2 Å². The number of rotatable bonds is 5. The van der Waals surface area contributed by atoms with Gasteiger partial charge in [-0.25, -0.2) is 0 Å². The van der Waals surface area contributed by atoms with E-state index in [1.54, 1.807) is 0 Å². The molecular formula is C17H25NO2. The lowest BCUT2D eigenvalue weighted by Crippen LogP contribution is -2.47. The van der Waals surface area contributed by atoms with Gasteiger partial charge in [0.05, 0.1) is 5.41 Å². The van der Waals surface area contributed by atoms with Gasteiger partial charge in [-0.1, -0.05) is 38.1 Å². The molecule has 1 N–H and O–H groups in total. The molecular weight excluding hydrogens is 250 g/mol. The predicted octanol–water partition coefficient (Wildman–Crippen LogP) is 3.33. The molecule has 1 unspecified atom stereocenters. The van der Waals surface area contributed by atoms with Gasteiger partial charge in [0.1, 0.15) is 0 Å². The monoisotopic (exact) mass is 275 g/mol. The van der Waals surface area contributed by atoms with E-state index in [-0.39, 0.29) is 0 Å². The van der Waals surface area contributed by atoms with Crippen molar-refractivity contribution in [3.63, 3.8) is 0 Å². The third kappa shape index (κ3) is 3.04. The molecule has 0 amide bonds. The van der Waals surface area contributed by atoms with E-state index < -0.39 is 11.4 Å². The van der Waals surface area contributed by atoms with Crippen LogP contribution >= 0.6 is 0 Å². The number of hydrogen-bond donors (Lipinski definition) is 1. The number of piperidine rings is 1. The molecule has 0 saturated carbocycles. The molecule has 0 spiro atoms. The molecule has 1 saturated heterocycles. The van der Waals surface area contributed by atoms with E-state index in [4.69, 9.17) is 0 Å². The molecule has 1 aliphatic heterocycles. The van der Waals surface area contributed by atoms with Crippen molar-refractivity contribution in [2.45, 2.75) is 46.1 Å². The minimum atomic E-state index is -0.631. The zero-order chi connectivity index (χ0) is 14.6. The maximum Gasteiger partial charge on any atom is 0.310 e. The second-order valence-corrected chi connectivity index (χ2v) is 5.88. The van der Waals surface area contributed by atoms with Gasteiger partial charge >= 0.3 is 5.97 Å². The van der Waals surface area contributed by atoms with E-state index in [9.17, 15) is 9.90 Å². The summed E-state index contributed by atoms with van der Waals surface area (Å²) in [6, 6.07) is 8.49. The van der Waals surface area contributed by atoms with Gasteiger partial charge in [-0.2, -0.15) is 0 Å². The maximum absolute atomic E-state index is 11.6. The summed E-state index contributed by atoms with van der Waals surface area (Å²) in [5.74, 6) is -0.631. The van der Waals surface area contributed by atoms with Crippen molar-refractivity contribution in [2.75, 3.05) is 13.1 Å². The molecule has 2 rings (SSSR count). The highest BCUT2D eigenvalue weighted by Crippen LogP contribution is 2.34. The summed E-state index contributed by atoms with van der Waals surface area (Å²) in [6.45, 7) is 6.73. The van der Waals surface area contributed by atoms with Gasteiger partial charge in [0.25, 0.3) is 0 Å². The Balaban J connectivity index is 2.12. The number of aliphatic carboxylic acids is 1. The fourth-order valence-electron chi connectivity index (χ4n) is 3.27. The number of carboxylic acid groups (broad SMARTS) is 1. The van der Waals surface area contributed by atoms with Gasteiger partial charge < -0.3 is 5.11 Å². The Hall–Kier alpha value is -1.35. The molecule has 0 radical (unpaired) electrons. The number of aryl methyl sites for hydroxylation is 1. The van der Waals surface area contributed by atoms with Crippen LogP contribution in [0.3, 0.4) is 0 Å². The maximum atomic E-state index is 11.6. The zero-order valence-electron chi connectivity index (χ0n) is 12.6. The first-order valence-electron chi connectivity index (χ1n) is 7.64. The van der Waals surface area contributed by atoms with Crippen molar-refractivity contribution in [3.8, 4) is 0 Å². The average Bonchev–Trinajstić information content (AvgIpc) is 2.47. The molecule has 110 valence electrons. The smallest absolute Gasteiger partial charge is 0.310 e. The molecule has 20 heavy (non-hydrogen) atoms. The standard InChI is InChI=1S/C17H25NO2/c1-3-14-8-5-6-9-15(14)12-18-11-7-10-17(4-2,13-18)16(19)20/h5-6,8-9H,3-4,7,10-13H2,1-2H3,(H,19,20). The van der Waals surface area contributed by atoms with Crippen LogP contribution in [0, 0.1) is 5.41 Å². The van der Waals surface area contributed by atoms with Gasteiger partial charge in [0, 0.05) is 13.1 Å². The predicted molar refractivity (Wildman–Crippen MR) is 80.7 cm³/mol. The Morgan fingerprint density at radius 2 is 2.00 bits per heavy atom. The molecule has 0 aromatic heterocycles. The lowest BCUT2D eigenvalue weighted by atomic mass is 9.77. The van der Waals surface area contributed by atoms with E-state index in [0.29, 0.717) is 13.0 Å². The quantitative estimate of drug-likeness (QED) is 0.896. The lowest BCUT2D eigenvalue weighted by Gasteiger charge is -2.39. The second kappa shape index (κ2) is 6.40. The minimum Gasteiger partial charge on any atom is -0.481 e. The summed E-state index contributed by atoms with van der Waals surface area (Å²) in [4.78, 5) is 13.9. The zero-order valence-corrected chi connectivity index (χ0v) is 12.6. The van der Waals surface area contributed by atoms with Crippen LogP contribution < -0.4 is 0 Å². The van der Waals surface area contributed by atoms with Crippen LogP contribution in [-0.4, -0.2) is 29.1 Å². The SMILES string of the molecule is CCc1ccccc1CN1CCCC(CC)(C(=O)O)C1.